The highest BCUT2D eigenvalue weighted by molar-refractivity contribution is 5.95. The minimum atomic E-state index is 0.0419. The van der Waals surface area contributed by atoms with Gasteiger partial charge in [0.2, 0.25) is 0 Å². The molecule has 0 atom stereocenters. The number of amides is 1. The van der Waals surface area contributed by atoms with Gasteiger partial charge >= 0.3 is 0 Å². The quantitative estimate of drug-likeness (QED) is 0.922. The van der Waals surface area contributed by atoms with Crippen molar-refractivity contribution < 1.29 is 4.79 Å². The molecule has 2 heterocycles. The van der Waals surface area contributed by atoms with E-state index in [4.69, 9.17) is 5.73 Å². The van der Waals surface area contributed by atoms with Crippen molar-refractivity contribution >= 4 is 17.4 Å². The minimum absolute atomic E-state index is 0.0419. The van der Waals surface area contributed by atoms with Crippen molar-refractivity contribution in [1.29, 1.82) is 0 Å². The van der Waals surface area contributed by atoms with E-state index in [2.05, 4.69) is 41.9 Å². The third kappa shape index (κ3) is 3.20. The molecule has 3 rings (SSSR count). The fourth-order valence-electron chi connectivity index (χ4n) is 3.28. The SMILES string of the molecule is Cc1ccc(N2CCN(C(=O)c3cnc(N)cc3C)CC2)c(C)c1. The van der Waals surface area contributed by atoms with E-state index in [9.17, 15) is 4.79 Å². The summed E-state index contributed by atoms with van der Waals surface area (Å²) >= 11 is 0. The Labute approximate surface area is 143 Å². The minimum Gasteiger partial charge on any atom is -0.384 e. The van der Waals surface area contributed by atoms with Gasteiger partial charge in [-0.2, -0.15) is 0 Å². The molecule has 0 aliphatic carbocycles. The molecule has 1 fully saturated rings. The molecule has 1 aromatic carbocycles. The van der Waals surface area contributed by atoms with Crippen molar-refractivity contribution in [3.63, 3.8) is 0 Å². The first-order valence-electron chi connectivity index (χ1n) is 8.29. The molecule has 0 spiro atoms. The van der Waals surface area contributed by atoms with Gasteiger partial charge in [-0.15, -0.1) is 0 Å². The second-order valence-corrected chi connectivity index (χ2v) is 6.49. The van der Waals surface area contributed by atoms with Crippen LogP contribution < -0.4 is 10.6 Å². The van der Waals surface area contributed by atoms with Crippen molar-refractivity contribution in [2.75, 3.05) is 36.8 Å². The third-order valence-corrected chi connectivity index (χ3v) is 4.62. The predicted octanol–water partition coefficient (Wildman–Crippen LogP) is 2.55. The number of carbonyl (C=O) groups is 1. The molecule has 5 nitrogen and oxygen atoms in total. The Bertz CT molecular complexity index is 764. The first-order chi connectivity index (χ1) is 11.5. The molecule has 1 aliphatic heterocycles. The molecule has 0 bridgehead atoms. The molecular formula is C19H24N4O. The first-order valence-corrected chi connectivity index (χ1v) is 8.29. The summed E-state index contributed by atoms with van der Waals surface area (Å²) in [6.07, 6.45) is 1.59. The zero-order chi connectivity index (χ0) is 17.3. The van der Waals surface area contributed by atoms with Crippen LogP contribution in [0.25, 0.3) is 0 Å². The van der Waals surface area contributed by atoms with E-state index in [-0.39, 0.29) is 5.91 Å². The number of nitrogen functional groups attached to an aromatic ring is 1. The summed E-state index contributed by atoms with van der Waals surface area (Å²) in [6, 6.07) is 8.27. The fraction of sp³-hybridized carbons (Fsp3) is 0.368. The van der Waals surface area contributed by atoms with Gasteiger partial charge in [0.05, 0.1) is 5.56 Å². The van der Waals surface area contributed by atoms with Crippen molar-refractivity contribution in [2.24, 2.45) is 0 Å². The van der Waals surface area contributed by atoms with E-state index in [0.717, 1.165) is 31.7 Å². The van der Waals surface area contributed by atoms with Crippen molar-refractivity contribution in [1.82, 2.24) is 9.88 Å². The number of hydrogen-bond acceptors (Lipinski definition) is 4. The van der Waals surface area contributed by atoms with Crippen LogP contribution in [0.3, 0.4) is 0 Å². The molecule has 2 aromatic rings. The summed E-state index contributed by atoms with van der Waals surface area (Å²) < 4.78 is 0. The number of piperazine rings is 1. The molecule has 24 heavy (non-hydrogen) atoms. The summed E-state index contributed by atoms with van der Waals surface area (Å²) in [5.74, 6) is 0.490. The molecule has 5 heteroatoms. The maximum atomic E-state index is 12.7. The number of carbonyl (C=O) groups excluding carboxylic acids is 1. The van der Waals surface area contributed by atoms with E-state index in [1.54, 1.807) is 12.3 Å². The van der Waals surface area contributed by atoms with Gasteiger partial charge < -0.3 is 15.5 Å². The number of aryl methyl sites for hydroxylation is 3. The Morgan fingerprint density at radius 3 is 2.38 bits per heavy atom. The topological polar surface area (TPSA) is 62.5 Å². The molecule has 1 amide bonds. The number of rotatable bonds is 2. The molecule has 1 saturated heterocycles. The highest BCUT2D eigenvalue weighted by Gasteiger charge is 2.24. The van der Waals surface area contributed by atoms with E-state index in [1.165, 1.54) is 16.8 Å². The lowest BCUT2D eigenvalue weighted by Gasteiger charge is -2.37. The smallest absolute Gasteiger partial charge is 0.255 e. The van der Waals surface area contributed by atoms with Crippen LogP contribution in [0, 0.1) is 20.8 Å². The average molecular weight is 324 g/mol. The van der Waals surface area contributed by atoms with Crippen LogP contribution in [0.5, 0.6) is 0 Å². The van der Waals surface area contributed by atoms with Crippen LogP contribution in [-0.4, -0.2) is 42.0 Å². The average Bonchev–Trinajstić information content (AvgIpc) is 2.54. The van der Waals surface area contributed by atoms with Crippen molar-refractivity contribution in [3.8, 4) is 0 Å². The standard InChI is InChI=1S/C19H24N4O/c1-13-4-5-17(15(3)10-13)22-6-8-23(9-7-22)19(24)16-12-21-18(20)11-14(16)2/h4-5,10-12H,6-9H2,1-3H3,(H2,20,21). The normalized spacial score (nSPS) is 14.8. The highest BCUT2D eigenvalue weighted by atomic mass is 16.2. The first kappa shape index (κ1) is 16.3. The number of aromatic nitrogens is 1. The number of hydrogen-bond donors (Lipinski definition) is 1. The monoisotopic (exact) mass is 324 g/mol. The van der Waals surface area contributed by atoms with Crippen LogP contribution in [0.1, 0.15) is 27.0 Å². The number of anilines is 2. The van der Waals surface area contributed by atoms with E-state index >= 15 is 0 Å². The van der Waals surface area contributed by atoms with E-state index in [1.807, 2.05) is 11.8 Å². The fourth-order valence-corrected chi connectivity index (χ4v) is 3.28. The molecule has 1 aromatic heterocycles. The summed E-state index contributed by atoms with van der Waals surface area (Å²) in [5.41, 5.74) is 11.0. The second-order valence-electron chi connectivity index (χ2n) is 6.49. The van der Waals surface area contributed by atoms with Gasteiger partial charge in [0.15, 0.2) is 0 Å². The van der Waals surface area contributed by atoms with Gasteiger partial charge in [0, 0.05) is 38.1 Å². The van der Waals surface area contributed by atoms with Crippen LogP contribution in [0.15, 0.2) is 30.5 Å². The molecule has 126 valence electrons. The van der Waals surface area contributed by atoms with Crippen LogP contribution in [0.4, 0.5) is 11.5 Å². The van der Waals surface area contributed by atoms with Gasteiger partial charge in [0.1, 0.15) is 5.82 Å². The zero-order valence-corrected chi connectivity index (χ0v) is 14.5. The molecule has 0 radical (unpaired) electrons. The Morgan fingerprint density at radius 1 is 1.04 bits per heavy atom. The van der Waals surface area contributed by atoms with Gasteiger partial charge in [0.25, 0.3) is 5.91 Å². The van der Waals surface area contributed by atoms with Gasteiger partial charge in [-0.3, -0.25) is 4.79 Å². The molecule has 0 saturated carbocycles. The second kappa shape index (κ2) is 6.51. The lowest BCUT2D eigenvalue weighted by molar-refractivity contribution is 0.0745. The largest absolute Gasteiger partial charge is 0.384 e. The van der Waals surface area contributed by atoms with Crippen molar-refractivity contribution in [2.45, 2.75) is 20.8 Å². The van der Waals surface area contributed by atoms with Gasteiger partial charge in [-0.25, -0.2) is 4.98 Å². The van der Waals surface area contributed by atoms with E-state index in [0.29, 0.717) is 11.4 Å². The maximum absolute atomic E-state index is 12.7. The predicted molar refractivity (Wildman–Crippen MR) is 97.4 cm³/mol. The number of nitrogens with zero attached hydrogens (tertiary/aromatic N) is 3. The van der Waals surface area contributed by atoms with Gasteiger partial charge in [-0.1, -0.05) is 17.7 Å². The maximum Gasteiger partial charge on any atom is 0.255 e. The Balaban J connectivity index is 1.69. The Hall–Kier alpha value is -2.56. The Kier molecular flexibility index (Phi) is 4.42. The molecule has 2 N–H and O–H groups in total. The van der Waals surface area contributed by atoms with Gasteiger partial charge in [-0.05, 0) is 44.0 Å². The molecule has 1 aliphatic rings. The van der Waals surface area contributed by atoms with Crippen LogP contribution >= 0.6 is 0 Å². The number of benzene rings is 1. The summed E-state index contributed by atoms with van der Waals surface area (Å²) in [4.78, 5) is 21.0. The zero-order valence-electron chi connectivity index (χ0n) is 14.5. The molecular weight excluding hydrogens is 300 g/mol. The summed E-state index contributed by atoms with van der Waals surface area (Å²) in [6.45, 7) is 9.27. The molecule has 0 unspecified atom stereocenters. The number of nitrogens with two attached hydrogens (primary N) is 1. The number of pyridine rings is 1. The van der Waals surface area contributed by atoms with Crippen molar-refractivity contribution in [3.05, 3.63) is 52.7 Å². The Morgan fingerprint density at radius 2 is 1.75 bits per heavy atom. The van der Waals surface area contributed by atoms with Crippen LogP contribution in [0.2, 0.25) is 0 Å². The van der Waals surface area contributed by atoms with E-state index < -0.39 is 0 Å². The third-order valence-electron chi connectivity index (χ3n) is 4.62. The van der Waals surface area contributed by atoms with Crippen LogP contribution in [-0.2, 0) is 0 Å². The lowest BCUT2D eigenvalue weighted by atomic mass is 10.1. The summed E-state index contributed by atoms with van der Waals surface area (Å²) in [5, 5.41) is 0. The lowest BCUT2D eigenvalue weighted by Crippen LogP contribution is -2.49. The summed E-state index contributed by atoms with van der Waals surface area (Å²) in [7, 11) is 0. The highest BCUT2D eigenvalue weighted by Crippen LogP contribution is 2.23.